The molecule has 0 unspecified atom stereocenters. The number of carbonyl (C=O) groups is 4. The number of esters is 2. The first kappa shape index (κ1) is 61.4. The molecule has 2 rings (SSSR count). The van der Waals surface area contributed by atoms with Crippen LogP contribution in [-0.4, -0.2) is 130 Å². The molecule has 68 heavy (non-hydrogen) atoms. The molecule has 0 saturated carbocycles. The summed E-state index contributed by atoms with van der Waals surface area (Å²) >= 11 is 0. The fourth-order valence-electron chi connectivity index (χ4n) is 6.67. The van der Waals surface area contributed by atoms with E-state index in [2.05, 4.69) is 38.3 Å². The maximum absolute atomic E-state index is 12.1. The number of aliphatic hydroxyl groups excluding tert-OH is 2. The molecule has 16 nitrogen and oxygen atoms in total. The first-order valence-corrected chi connectivity index (χ1v) is 23.5. The van der Waals surface area contributed by atoms with Gasteiger partial charge in [-0.2, -0.15) is 0 Å². The van der Waals surface area contributed by atoms with Gasteiger partial charge in [-0.25, -0.2) is 19.2 Å². The van der Waals surface area contributed by atoms with Crippen molar-refractivity contribution in [2.24, 2.45) is 23.7 Å². The summed E-state index contributed by atoms with van der Waals surface area (Å²) < 4.78 is 43.8. The summed E-state index contributed by atoms with van der Waals surface area (Å²) in [6.45, 7) is 24.0. The SMILES string of the molecule is COC(=O)/C(=C/COC[C@H](Cc1ccccc1)[C@@H](OCC(C)C)[C@H](C)O)NC(=O)OC(C)(C)C.COC(=O)[C@H](CCOC[C@H](Cc1ccccc1)[C@@H](OCC(C)C)[C@H](C)O)NC(=O)OC(C)(C)C. The Bertz CT molecular complexity index is 1740. The van der Waals surface area contributed by atoms with Crippen LogP contribution in [0.15, 0.2) is 72.4 Å². The fourth-order valence-corrected chi connectivity index (χ4v) is 6.67. The van der Waals surface area contributed by atoms with Crippen LogP contribution in [-0.2, 0) is 60.3 Å². The number of rotatable bonds is 27. The van der Waals surface area contributed by atoms with Gasteiger partial charge in [-0.3, -0.25) is 5.32 Å². The molecular formula is C52H84N2O14. The second-order valence-electron chi connectivity index (χ2n) is 19.6. The van der Waals surface area contributed by atoms with Crippen LogP contribution in [0.5, 0.6) is 0 Å². The van der Waals surface area contributed by atoms with Crippen molar-refractivity contribution in [1.29, 1.82) is 0 Å². The number of hydrogen-bond acceptors (Lipinski definition) is 14. The second-order valence-corrected chi connectivity index (χ2v) is 19.6. The largest absolute Gasteiger partial charge is 0.467 e. The molecule has 16 heteroatoms. The van der Waals surface area contributed by atoms with Gasteiger partial charge in [0.15, 0.2) is 0 Å². The Morgan fingerprint density at radius 2 is 1.06 bits per heavy atom. The number of aliphatic hydroxyl groups is 2. The van der Waals surface area contributed by atoms with Crippen LogP contribution < -0.4 is 10.6 Å². The van der Waals surface area contributed by atoms with Gasteiger partial charge in [-0.15, -0.1) is 0 Å². The van der Waals surface area contributed by atoms with E-state index >= 15 is 0 Å². The van der Waals surface area contributed by atoms with E-state index in [9.17, 15) is 29.4 Å². The first-order valence-electron chi connectivity index (χ1n) is 23.5. The number of hydrogen-bond donors (Lipinski definition) is 4. The van der Waals surface area contributed by atoms with E-state index in [1.54, 1.807) is 55.4 Å². The van der Waals surface area contributed by atoms with Crippen molar-refractivity contribution in [3.05, 3.63) is 83.6 Å². The summed E-state index contributed by atoms with van der Waals surface area (Å²) in [5.41, 5.74) is 0.761. The molecule has 0 fully saturated rings. The lowest BCUT2D eigenvalue weighted by atomic mass is 9.91. The zero-order valence-electron chi connectivity index (χ0n) is 43.2. The summed E-state index contributed by atoms with van der Waals surface area (Å²) in [7, 11) is 2.49. The van der Waals surface area contributed by atoms with Crippen molar-refractivity contribution in [3.63, 3.8) is 0 Å². The van der Waals surface area contributed by atoms with Crippen molar-refractivity contribution in [3.8, 4) is 0 Å². The molecule has 7 atom stereocenters. The average molecular weight is 961 g/mol. The van der Waals surface area contributed by atoms with E-state index in [1.807, 2.05) is 60.7 Å². The molecule has 386 valence electrons. The summed E-state index contributed by atoms with van der Waals surface area (Å²) in [4.78, 5) is 48.3. The molecule has 2 aromatic carbocycles. The quantitative estimate of drug-likeness (QED) is 0.0295. The van der Waals surface area contributed by atoms with Gasteiger partial charge in [0, 0.05) is 38.1 Å². The predicted molar refractivity (Wildman–Crippen MR) is 261 cm³/mol. The zero-order valence-corrected chi connectivity index (χ0v) is 43.2. The van der Waals surface area contributed by atoms with Crippen LogP contribution in [0.25, 0.3) is 0 Å². The normalized spacial score (nSPS) is 15.1. The minimum atomic E-state index is -0.892. The molecule has 0 radical (unpaired) electrons. The molecule has 0 saturated heterocycles. The molecule has 2 amide bonds. The predicted octanol–water partition coefficient (Wildman–Crippen LogP) is 7.61. The maximum atomic E-state index is 12.1. The van der Waals surface area contributed by atoms with E-state index in [0.717, 1.165) is 11.1 Å². The van der Waals surface area contributed by atoms with Crippen molar-refractivity contribution < 1.29 is 67.3 Å². The molecule has 4 N–H and O–H groups in total. The monoisotopic (exact) mass is 961 g/mol. The maximum Gasteiger partial charge on any atom is 0.412 e. The van der Waals surface area contributed by atoms with Gasteiger partial charge in [-0.05, 0) is 97.3 Å². The van der Waals surface area contributed by atoms with Gasteiger partial charge in [0.2, 0.25) is 0 Å². The Balaban J connectivity index is 0.000000680. The van der Waals surface area contributed by atoms with Crippen LogP contribution >= 0.6 is 0 Å². The molecule has 0 aliphatic carbocycles. The van der Waals surface area contributed by atoms with Gasteiger partial charge in [0.05, 0.1) is 58.5 Å². The molecule has 0 aliphatic heterocycles. The minimum Gasteiger partial charge on any atom is -0.467 e. The molecular weight excluding hydrogens is 877 g/mol. The Morgan fingerprint density at radius 1 is 0.618 bits per heavy atom. The summed E-state index contributed by atoms with van der Waals surface area (Å²) in [5.74, 6) is -0.857. The lowest BCUT2D eigenvalue weighted by Gasteiger charge is -2.30. The summed E-state index contributed by atoms with van der Waals surface area (Å²) in [6.07, 6.45) is -0.672. The second kappa shape index (κ2) is 32.3. The molecule has 2 aromatic rings. The smallest absolute Gasteiger partial charge is 0.412 e. The Labute approximate surface area is 406 Å². The third kappa shape index (κ3) is 28.0. The van der Waals surface area contributed by atoms with Crippen molar-refractivity contribution in [1.82, 2.24) is 10.6 Å². The topological polar surface area (TPSA) is 207 Å². The number of nitrogens with one attached hydrogen (secondary N) is 2. The molecule has 0 aliphatic rings. The van der Waals surface area contributed by atoms with Crippen LogP contribution in [0.3, 0.4) is 0 Å². The highest BCUT2D eigenvalue weighted by molar-refractivity contribution is 5.92. The third-order valence-electron chi connectivity index (χ3n) is 9.64. The number of amides is 2. The molecule has 0 heterocycles. The van der Waals surface area contributed by atoms with Crippen molar-refractivity contribution in [2.45, 2.75) is 144 Å². The van der Waals surface area contributed by atoms with Crippen molar-refractivity contribution in [2.75, 3.05) is 53.9 Å². The van der Waals surface area contributed by atoms with Gasteiger partial charge in [0.25, 0.3) is 0 Å². The number of ether oxygens (including phenoxy) is 8. The summed E-state index contributed by atoms with van der Waals surface area (Å²) in [6, 6.07) is 19.0. The van der Waals surface area contributed by atoms with Gasteiger partial charge in [0.1, 0.15) is 22.9 Å². The van der Waals surface area contributed by atoms with Crippen LogP contribution in [0.2, 0.25) is 0 Å². The number of carbonyl (C=O) groups excluding carboxylic acids is 4. The highest BCUT2D eigenvalue weighted by Gasteiger charge is 2.30. The van der Waals surface area contributed by atoms with Crippen LogP contribution in [0.4, 0.5) is 9.59 Å². The van der Waals surface area contributed by atoms with E-state index in [0.29, 0.717) is 44.5 Å². The summed E-state index contributed by atoms with van der Waals surface area (Å²) in [5, 5.41) is 25.8. The minimum absolute atomic E-state index is 0.0439. The fraction of sp³-hybridized carbons (Fsp3) is 0.654. The molecule has 0 aromatic heterocycles. The molecule has 0 bridgehead atoms. The van der Waals surface area contributed by atoms with E-state index in [4.69, 9.17) is 37.9 Å². The Kier molecular flexibility index (Phi) is 29.2. The van der Waals surface area contributed by atoms with Gasteiger partial charge in [-0.1, -0.05) is 88.4 Å². The highest BCUT2D eigenvalue weighted by Crippen LogP contribution is 2.22. The van der Waals surface area contributed by atoms with Gasteiger partial charge < -0.3 is 53.4 Å². The third-order valence-corrected chi connectivity index (χ3v) is 9.64. The van der Waals surface area contributed by atoms with Crippen LogP contribution in [0, 0.1) is 23.7 Å². The standard InChI is InChI=1S/C26H43NO7.C26H41NO7/c2*1-18(2)16-33-23(19(3)28)21(15-20-11-9-8-10-12-20)17-32-14-13-22(24(29)31-7)27-25(30)34-26(4,5)6/h8-12,18-19,21-23,28H,13-17H2,1-7H3,(H,27,30);8-13,18-19,21,23,28H,14-17H2,1-7H3,(H,27,30)/b;22-13-/t19-,21-,22-,23-;19-,21-,23-/m00/s1. The number of alkyl carbamates (subject to hydrolysis) is 2. The zero-order chi connectivity index (χ0) is 51.5. The Hall–Kier alpha value is -4.58. The van der Waals surface area contributed by atoms with Crippen molar-refractivity contribution >= 4 is 24.1 Å². The molecule has 0 spiro atoms. The van der Waals surface area contributed by atoms with E-state index in [-0.39, 0.29) is 43.8 Å². The average Bonchev–Trinajstić information content (AvgIpc) is 3.24. The Morgan fingerprint density at radius 3 is 1.46 bits per heavy atom. The lowest BCUT2D eigenvalue weighted by molar-refractivity contribution is -0.143. The lowest BCUT2D eigenvalue weighted by Crippen LogP contribution is -2.44. The van der Waals surface area contributed by atoms with Gasteiger partial charge >= 0.3 is 24.1 Å². The van der Waals surface area contributed by atoms with Crippen LogP contribution in [0.1, 0.15) is 101 Å². The van der Waals surface area contributed by atoms with E-state index < -0.39 is 65.8 Å². The number of benzene rings is 2. The highest BCUT2D eigenvalue weighted by atomic mass is 16.6. The van der Waals surface area contributed by atoms with E-state index in [1.165, 1.54) is 20.3 Å². The first-order chi connectivity index (χ1) is 31.8. The number of methoxy groups -OCH3 is 2.